The minimum atomic E-state index is -0.610. The number of hydrogen-bond donors (Lipinski definition) is 3. The minimum absolute atomic E-state index is 0.0571. The van der Waals surface area contributed by atoms with Gasteiger partial charge in [-0.2, -0.15) is 0 Å². The van der Waals surface area contributed by atoms with Gasteiger partial charge in [0.1, 0.15) is 0 Å². The first kappa shape index (κ1) is 7.98. The molecule has 1 amide bonds. The number of aromatic amines is 2. The Morgan fingerprint density at radius 3 is 2.73 bits per heavy atom. The lowest BCUT2D eigenvalue weighted by Gasteiger charge is -1.87. The Morgan fingerprint density at radius 1 is 1.27 bits per heavy atom. The summed E-state index contributed by atoms with van der Waals surface area (Å²) in [6, 6.07) is 3.66. The van der Waals surface area contributed by atoms with Crippen molar-refractivity contribution in [2.24, 2.45) is 5.73 Å². The van der Waals surface area contributed by atoms with Gasteiger partial charge in [-0.3, -0.25) is 4.79 Å². The summed E-state index contributed by atoms with van der Waals surface area (Å²) in [5, 5.41) is 6.79. The van der Waals surface area contributed by atoms with Gasteiger partial charge in [-0.15, -0.1) is 0 Å². The van der Waals surface area contributed by atoms with E-state index < -0.39 is 5.91 Å². The number of imidazole rings is 1. The fourth-order valence-electron chi connectivity index (χ4n) is 1.55. The highest BCUT2D eigenvalue weighted by molar-refractivity contribution is 5.97. The molecular weight excluding hydrogens is 194 g/mol. The Hall–Kier alpha value is -2.37. The molecule has 0 fully saturated rings. The molecule has 6 heteroatoms. The van der Waals surface area contributed by atoms with Crippen LogP contribution in [0.3, 0.4) is 0 Å². The molecule has 4 N–H and O–H groups in total. The van der Waals surface area contributed by atoms with Crippen LogP contribution in [0.1, 0.15) is 10.6 Å². The number of nitrogens with one attached hydrogen (secondary N) is 2. The summed E-state index contributed by atoms with van der Waals surface area (Å²) < 4.78 is 0. The molecule has 0 radical (unpaired) electrons. The van der Waals surface area contributed by atoms with E-state index in [9.17, 15) is 4.79 Å². The van der Waals surface area contributed by atoms with Crippen LogP contribution in [-0.4, -0.2) is 26.1 Å². The Kier molecular flexibility index (Phi) is 1.37. The van der Waals surface area contributed by atoms with E-state index in [2.05, 4.69) is 20.2 Å². The summed E-state index contributed by atoms with van der Waals surface area (Å²) in [5.41, 5.74) is 7.35. The molecule has 0 spiro atoms. The number of primary amides is 1. The van der Waals surface area contributed by atoms with Gasteiger partial charge in [-0.25, -0.2) is 9.97 Å². The Morgan fingerprint density at radius 2 is 2.00 bits per heavy atom. The van der Waals surface area contributed by atoms with Crippen molar-refractivity contribution in [2.45, 2.75) is 0 Å². The fourth-order valence-corrected chi connectivity index (χ4v) is 1.55. The van der Waals surface area contributed by atoms with Gasteiger partial charge >= 0.3 is 0 Å². The smallest absolute Gasteiger partial charge is 0.286 e. The number of hydrogen-bond acceptors (Lipinski definition) is 3. The zero-order valence-corrected chi connectivity index (χ0v) is 7.61. The SMILES string of the molecule is NC(=O)c1nc2cc3c[nH][nH]c3cc2n1. The van der Waals surface area contributed by atoms with Crippen molar-refractivity contribution >= 4 is 27.8 Å². The molecule has 3 aromatic rings. The molecule has 15 heavy (non-hydrogen) atoms. The van der Waals surface area contributed by atoms with Crippen LogP contribution in [0.15, 0.2) is 18.3 Å². The topological polar surface area (TPSA) is 100 Å². The maximum absolute atomic E-state index is 10.9. The first-order chi connectivity index (χ1) is 7.24. The van der Waals surface area contributed by atoms with Crippen LogP contribution in [-0.2, 0) is 0 Å². The van der Waals surface area contributed by atoms with Crippen molar-refractivity contribution in [1.29, 1.82) is 0 Å². The van der Waals surface area contributed by atoms with Gasteiger partial charge in [0.15, 0.2) is 0 Å². The van der Waals surface area contributed by atoms with Crippen LogP contribution in [0, 0.1) is 0 Å². The number of carbonyl (C=O) groups is 1. The van der Waals surface area contributed by atoms with Crippen LogP contribution in [0.2, 0.25) is 0 Å². The average molecular weight is 201 g/mol. The number of carbonyl (C=O) groups excluding carboxylic acids is 1. The van der Waals surface area contributed by atoms with Gasteiger partial charge in [0.05, 0.1) is 16.6 Å². The van der Waals surface area contributed by atoms with E-state index in [0.29, 0.717) is 11.0 Å². The maximum Gasteiger partial charge on any atom is 0.286 e. The van der Waals surface area contributed by atoms with Crippen LogP contribution in [0.25, 0.3) is 21.9 Å². The predicted molar refractivity (Wildman–Crippen MR) is 54.3 cm³/mol. The summed E-state index contributed by atoms with van der Waals surface area (Å²) in [6.07, 6.45) is 1.81. The molecule has 0 unspecified atom stereocenters. The van der Waals surface area contributed by atoms with Crippen molar-refractivity contribution in [3.05, 3.63) is 24.2 Å². The van der Waals surface area contributed by atoms with Gasteiger partial charge < -0.3 is 15.9 Å². The quantitative estimate of drug-likeness (QED) is 0.535. The Balaban J connectivity index is 2.38. The number of fused-ring (bicyclic) bond motifs is 2. The minimum Gasteiger partial charge on any atom is -0.363 e. The van der Waals surface area contributed by atoms with Gasteiger partial charge in [0.25, 0.3) is 5.91 Å². The van der Waals surface area contributed by atoms with Crippen LogP contribution in [0.4, 0.5) is 0 Å². The van der Waals surface area contributed by atoms with Crippen LogP contribution < -0.4 is 5.73 Å². The van der Waals surface area contributed by atoms with E-state index >= 15 is 0 Å². The van der Waals surface area contributed by atoms with E-state index in [4.69, 9.17) is 5.73 Å². The average Bonchev–Trinajstić information content (AvgIpc) is 2.77. The van der Waals surface area contributed by atoms with E-state index in [-0.39, 0.29) is 5.82 Å². The number of benzene rings is 1. The number of nitrogens with two attached hydrogens (primary N) is 1. The van der Waals surface area contributed by atoms with Gasteiger partial charge in [0, 0.05) is 11.6 Å². The molecule has 2 aromatic heterocycles. The first-order valence-electron chi connectivity index (χ1n) is 4.37. The zero-order chi connectivity index (χ0) is 10.4. The summed E-state index contributed by atoms with van der Waals surface area (Å²) in [6.45, 7) is 0. The van der Waals surface area contributed by atoms with Crippen molar-refractivity contribution in [3.8, 4) is 0 Å². The third-order valence-electron chi connectivity index (χ3n) is 2.25. The summed E-state index contributed by atoms with van der Waals surface area (Å²) in [5.74, 6) is -0.553. The number of aromatic nitrogens is 4. The number of H-pyrrole nitrogens is 2. The highest BCUT2D eigenvalue weighted by Crippen LogP contribution is 2.18. The predicted octanol–water partition coefficient (Wildman–Crippen LogP) is 0.538. The van der Waals surface area contributed by atoms with E-state index in [1.165, 1.54) is 0 Å². The molecule has 0 saturated carbocycles. The lowest BCUT2D eigenvalue weighted by atomic mass is 10.2. The Bertz CT molecular complexity index is 617. The lowest BCUT2D eigenvalue weighted by Crippen LogP contribution is -2.12. The Labute approximate surface area is 83.5 Å². The molecule has 6 nitrogen and oxygen atoms in total. The summed E-state index contributed by atoms with van der Waals surface area (Å²) >= 11 is 0. The molecule has 0 aliphatic heterocycles. The van der Waals surface area contributed by atoms with Crippen molar-refractivity contribution < 1.29 is 4.79 Å². The largest absolute Gasteiger partial charge is 0.363 e. The lowest BCUT2D eigenvalue weighted by molar-refractivity contribution is 0.0991. The molecule has 1 aromatic carbocycles. The second-order valence-electron chi connectivity index (χ2n) is 3.25. The van der Waals surface area contributed by atoms with E-state index in [1.54, 1.807) is 0 Å². The molecular formula is C9H7N5O. The summed E-state index contributed by atoms with van der Waals surface area (Å²) in [4.78, 5) is 18.9. The zero-order valence-electron chi connectivity index (χ0n) is 7.61. The second kappa shape index (κ2) is 2.57. The molecule has 74 valence electrons. The highest BCUT2D eigenvalue weighted by atomic mass is 16.1. The fraction of sp³-hybridized carbons (Fsp3) is 0. The van der Waals surface area contributed by atoms with Crippen molar-refractivity contribution in [1.82, 2.24) is 20.2 Å². The van der Waals surface area contributed by atoms with Gasteiger partial charge in [0.2, 0.25) is 5.82 Å². The molecule has 0 aliphatic rings. The van der Waals surface area contributed by atoms with Crippen LogP contribution >= 0.6 is 0 Å². The monoisotopic (exact) mass is 201 g/mol. The molecule has 0 aliphatic carbocycles. The summed E-state index contributed by atoms with van der Waals surface area (Å²) in [7, 11) is 0. The molecule has 0 bridgehead atoms. The normalized spacial score (nSPS) is 11.2. The molecule has 0 atom stereocenters. The molecule has 2 heterocycles. The van der Waals surface area contributed by atoms with E-state index in [0.717, 1.165) is 10.9 Å². The van der Waals surface area contributed by atoms with Crippen molar-refractivity contribution in [3.63, 3.8) is 0 Å². The van der Waals surface area contributed by atoms with Gasteiger partial charge in [-0.1, -0.05) is 0 Å². The third kappa shape index (κ3) is 1.08. The number of amides is 1. The standard InChI is InChI=1S/C9H7N5O/c10-8(15)9-12-6-1-4-3-11-14-5(4)2-7(6)13-9/h1-3,11,14H,(H2,10,15). The van der Waals surface area contributed by atoms with Crippen molar-refractivity contribution in [2.75, 3.05) is 0 Å². The molecule has 0 saturated heterocycles. The third-order valence-corrected chi connectivity index (χ3v) is 2.25. The number of rotatable bonds is 1. The number of nitrogens with zero attached hydrogens (tertiary/aromatic N) is 2. The highest BCUT2D eigenvalue weighted by Gasteiger charge is 2.10. The van der Waals surface area contributed by atoms with Crippen LogP contribution in [0.5, 0.6) is 0 Å². The van der Waals surface area contributed by atoms with E-state index in [1.807, 2.05) is 18.3 Å². The second-order valence-corrected chi connectivity index (χ2v) is 3.25. The first-order valence-corrected chi connectivity index (χ1v) is 4.37. The van der Waals surface area contributed by atoms with Gasteiger partial charge in [-0.05, 0) is 12.1 Å². The maximum atomic E-state index is 10.9. The molecule has 3 rings (SSSR count).